The minimum absolute atomic E-state index is 0.190. The number of nitrogens with zero attached hydrogens (tertiary/aromatic N) is 2. The molecule has 2 aromatic heterocycles. The van der Waals surface area contributed by atoms with Crippen LogP contribution in [0.2, 0.25) is 0 Å². The molecule has 4 nitrogen and oxygen atoms in total. The minimum Gasteiger partial charge on any atom is -0.434 e. The normalized spacial score (nSPS) is 11.6. The number of nitrogens with one attached hydrogen (secondary N) is 1. The van der Waals surface area contributed by atoms with Crippen molar-refractivity contribution in [2.45, 2.75) is 19.7 Å². The van der Waals surface area contributed by atoms with Crippen molar-refractivity contribution < 1.29 is 13.5 Å². The van der Waals surface area contributed by atoms with Gasteiger partial charge in [-0.2, -0.15) is 8.78 Å². The molecule has 0 amide bonds. The van der Waals surface area contributed by atoms with Crippen molar-refractivity contribution in [2.75, 3.05) is 0 Å². The molecule has 138 valence electrons. The lowest BCUT2D eigenvalue weighted by Crippen LogP contribution is -2.15. The predicted molar refractivity (Wildman–Crippen MR) is 104 cm³/mol. The summed E-state index contributed by atoms with van der Waals surface area (Å²) >= 11 is 3.44. The Morgan fingerprint density at radius 2 is 1.89 bits per heavy atom. The Morgan fingerprint density at radius 3 is 2.74 bits per heavy atom. The molecule has 0 aliphatic heterocycles. The lowest BCUT2D eigenvalue weighted by Gasteiger charge is -2.14. The molecule has 0 saturated carbocycles. The summed E-state index contributed by atoms with van der Waals surface area (Å²) in [5.41, 5.74) is 2.42. The maximum absolute atomic E-state index is 12.8. The van der Waals surface area contributed by atoms with Crippen molar-refractivity contribution in [1.82, 2.24) is 14.7 Å². The number of hydrogen-bond acceptors (Lipinski definition) is 3. The van der Waals surface area contributed by atoms with E-state index in [4.69, 9.17) is 4.74 Å². The Kier molecular flexibility index (Phi) is 5.05. The van der Waals surface area contributed by atoms with Gasteiger partial charge in [-0.25, -0.2) is 4.98 Å². The number of hydrogen-bond donors (Lipinski definition) is 1. The SMILES string of the molecule is FC(F)Oc1ccc2ccccc2c1CNCc1cn2cc(Br)ccc2n1. The largest absolute Gasteiger partial charge is 0.434 e. The summed E-state index contributed by atoms with van der Waals surface area (Å²) in [6.07, 6.45) is 3.87. The molecule has 0 aliphatic rings. The lowest BCUT2D eigenvalue weighted by molar-refractivity contribution is -0.0503. The molecule has 0 spiro atoms. The van der Waals surface area contributed by atoms with Crippen LogP contribution in [0.15, 0.2) is 65.4 Å². The van der Waals surface area contributed by atoms with Gasteiger partial charge < -0.3 is 14.5 Å². The number of halogens is 3. The third-order valence-corrected chi connectivity index (χ3v) is 4.76. The number of alkyl halides is 2. The van der Waals surface area contributed by atoms with Gasteiger partial charge in [0.25, 0.3) is 0 Å². The number of imidazole rings is 1. The van der Waals surface area contributed by atoms with Crippen LogP contribution in [-0.2, 0) is 13.1 Å². The van der Waals surface area contributed by atoms with E-state index >= 15 is 0 Å². The number of fused-ring (bicyclic) bond motifs is 2. The molecule has 4 aromatic rings. The van der Waals surface area contributed by atoms with Crippen LogP contribution in [0.5, 0.6) is 5.75 Å². The molecule has 0 aliphatic carbocycles. The molecule has 0 radical (unpaired) electrons. The van der Waals surface area contributed by atoms with Crippen molar-refractivity contribution in [3.8, 4) is 5.75 Å². The summed E-state index contributed by atoms with van der Waals surface area (Å²) in [4.78, 5) is 4.55. The lowest BCUT2D eigenvalue weighted by atomic mass is 10.0. The first kappa shape index (κ1) is 17.9. The zero-order valence-electron chi connectivity index (χ0n) is 14.2. The van der Waals surface area contributed by atoms with E-state index in [-0.39, 0.29) is 5.75 Å². The molecule has 2 heterocycles. The van der Waals surface area contributed by atoms with Gasteiger partial charge in [0.15, 0.2) is 0 Å². The van der Waals surface area contributed by atoms with Crippen LogP contribution in [0.25, 0.3) is 16.4 Å². The van der Waals surface area contributed by atoms with E-state index < -0.39 is 6.61 Å². The average molecular weight is 432 g/mol. The van der Waals surface area contributed by atoms with E-state index in [2.05, 4.69) is 26.2 Å². The molecule has 1 N–H and O–H groups in total. The summed E-state index contributed by atoms with van der Waals surface area (Å²) in [6.45, 7) is -1.96. The highest BCUT2D eigenvalue weighted by atomic mass is 79.9. The van der Waals surface area contributed by atoms with E-state index in [1.165, 1.54) is 0 Å². The van der Waals surface area contributed by atoms with Gasteiger partial charge in [0, 0.05) is 35.5 Å². The molecule has 2 aromatic carbocycles. The fourth-order valence-corrected chi connectivity index (χ4v) is 3.48. The highest BCUT2D eigenvalue weighted by Gasteiger charge is 2.13. The Bertz CT molecular complexity index is 1100. The highest BCUT2D eigenvalue weighted by Crippen LogP contribution is 2.29. The fourth-order valence-electron chi connectivity index (χ4n) is 3.12. The van der Waals surface area contributed by atoms with Crippen LogP contribution in [0.4, 0.5) is 8.78 Å². The van der Waals surface area contributed by atoms with Crippen LogP contribution in [-0.4, -0.2) is 16.0 Å². The molecule has 7 heteroatoms. The van der Waals surface area contributed by atoms with E-state index in [0.717, 1.165) is 26.6 Å². The maximum atomic E-state index is 12.8. The van der Waals surface area contributed by atoms with Crippen LogP contribution in [0.1, 0.15) is 11.3 Å². The topological polar surface area (TPSA) is 38.6 Å². The number of benzene rings is 2. The molecule has 0 fully saturated rings. The Labute approximate surface area is 162 Å². The van der Waals surface area contributed by atoms with Crippen molar-refractivity contribution >= 4 is 32.3 Å². The molecule has 0 unspecified atom stereocenters. The fraction of sp³-hybridized carbons (Fsp3) is 0.150. The summed E-state index contributed by atoms with van der Waals surface area (Å²) in [7, 11) is 0. The Morgan fingerprint density at radius 1 is 1.04 bits per heavy atom. The second-order valence-electron chi connectivity index (χ2n) is 6.09. The van der Waals surface area contributed by atoms with E-state index in [1.54, 1.807) is 12.1 Å². The van der Waals surface area contributed by atoms with E-state index in [0.29, 0.717) is 18.7 Å². The number of ether oxygens (including phenoxy) is 1. The standard InChI is InChI=1S/C20H16BrF2N3O/c21-14-6-8-19-25-15(12-26(19)11-14)9-24-10-17-16-4-2-1-3-13(16)5-7-18(17)27-20(22)23/h1-8,11-12,20,24H,9-10H2. The summed E-state index contributed by atoms with van der Waals surface area (Å²) in [5.74, 6) is 0.190. The average Bonchev–Trinajstić information content (AvgIpc) is 3.04. The first-order valence-corrected chi connectivity index (χ1v) is 9.19. The van der Waals surface area contributed by atoms with Gasteiger partial charge in [-0.1, -0.05) is 30.3 Å². The van der Waals surface area contributed by atoms with Gasteiger partial charge in [0.05, 0.1) is 5.69 Å². The molecule has 27 heavy (non-hydrogen) atoms. The van der Waals surface area contributed by atoms with Gasteiger partial charge in [-0.15, -0.1) is 0 Å². The summed E-state index contributed by atoms with van der Waals surface area (Å²) < 4.78 is 33.2. The second kappa shape index (κ2) is 7.62. The quantitative estimate of drug-likeness (QED) is 0.459. The van der Waals surface area contributed by atoms with Crippen molar-refractivity contribution in [3.63, 3.8) is 0 Å². The van der Waals surface area contributed by atoms with Gasteiger partial charge in [0.2, 0.25) is 0 Å². The molecular weight excluding hydrogens is 416 g/mol. The molecule has 4 rings (SSSR count). The monoisotopic (exact) mass is 431 g/mol. The maximum Gasteiger partial charge on any atom is 0.387 e. The van der Waals surface area contributed by atoms with E-state index in [1.807, 2.05) is 53.2 Å². The highest BCUT2D eigenvalue weighted by molar-refractivity contribution is 9.10. The van der Waals surface area contributed by atoms with Crippen LogP contribution < -0.4 is 10.1 Å². The van der Waals surface area contributed by atoms with Crippen molar-refractivity contribution in [2.24, 2.45) is 0 Å². The Balaban J connectivity index is 1.56. The van der Waals surface area contributed by atoms with Crippen LogP contribution in [0.3, 0.4) is 0 Å². The number of aromatic nitrogens is 2. The third-order valence-electron chi connectivity index (χ3n) is 4.29. The van der Waals surface area contributed by atoms with Crippen molar-refractivity contribution in [1.29, 1.82) is 0 Å². The first-order chi connectivity index (χ1) is 13.1. The molecule has 0 bridgehead atoms. The second-order valence-corrected chi connectivity index (χ2v) is 7.01. The summed E-state index contributed by atoms with van der Waals surface area (Å²) in [6, 6.07) is 14.9. The zero-order chi connectivity index (χ0) is 18.8. The van der Waals surface area contributed by atoms with Crippen molar-refractivity contribution in [3.05, 3.63) is 76.7 Å². The summed E-state index contributed by atoms with van der Waals surface area (Å²) in [5, 5.41) is 5.16. The van der Waals surface area contributed by atoms with Gasteiger partial charge in [0.1, 0.15) is 11.4 Å². The first-order valence-electron chi connectivity index (χ1n) is 8.39. The van der Waals surface area contributed by atoms with Gasteiger partial charge >= 0.3 is 6.61 Å². The van der Waals surface area contributed by atoms with Crippen LogP contribution in [0, 0.1) is 0 Å². The van der Waals surface area contributed by atoms with Gasteiger partial charge in [-0.05, 0) is 44.9 Å². The smallest absolute Gasteiger partial charge is 0.387 e. The molecule has 0 atom stereocenters. The zero-order valence-corrected chi connectivity index (χ0v) is 15.8. The molecule has 0 saturated heterocycles. The predicted octanol–water partition coefficient (Wildman–Crippen LogP) is 5.14. The molecular formula is C20H16BrF2N3O. The number of pyridine rings is 1. The minimum atomic E-state index is -2.86. The number of rotatable bonds is 6. The third kappa shape index (κ3) is 3.94. The van der Waals surface area contributed by atoms with Gasteiger partial charge in [-0.3, -0.25) is 0 Å². The van der Waals surface area contributed by atoms with E-state index in [9.17, 15) is 8.78 Å². The Hall–Kier alpha value is -2.51. The van der Waals surface area contributed by atoms with Crippen LogP contribution >= 0.6 is 15.9 Å².